The van der Waals surface area contributed by atoms with Crippen molar-refractivity contribution in [1.82, 2.24) is 0 Å². The Kier molecular flexibility index (Phi) is 5.46. The highest BCUT2D eigenvalue weighted by Gasteiger charge is 2.15. The third-order valence-electron chi connectivity index (χ3n) is 2.68. The molecule has 1 unspecified atom stereocenters. The summed E-state index contributed by atoms with van der Waals surface area (Å²) in [5.74, 6) is -1.35. The van der Waals surface area contributed by atoms with Crippen molar-refractivity contribution in [3.63, 3.8) is 0 Å². The van der Waals surface area contributed by atoms with Crippen LogP contribution in [0, 0.1) is 11.7 Å². The number of benzene rings is 1. The summed E-state index contributed by atoms with van der Waals surface area (Å²) in [5.41, 5.74) is 5.55. The Morgan fingerprint density at radius 3 is 2.60 bits per heavy atom. The van der Waals surface area contributed by atoms with Gasteiger partial charge in [-0.25, -0.2) is 12.8 Å². The summed E-state index contributed by atoms with van der Waals surface area (Å²) in [6.07, 6.45) is 1.50. The smallest absolute Gasteiger partial charge is 0.229 e. The number of carbonyl (C=O) groups is 1. The summed E-state index contributed by atoms with van der Waals surface area (Å²) in [4.78, 5) is 11.8. The molecular weight excluding hydrogens is 285 g/mol. The van der Waals surface area contributed by atoms with Gasteiger partial charge in [0.25, 0.3) is 0 Å². The number of nitrogens with two attached hydrogens (primary N) is 1. The van der Waals surface area contributed by atoms with Crippen molar-refractivity contribution in [3.8, 4) is 0 Å². The predicted octanol–water partition coefficient (Wildman–Crippen LogP) is 1.12. The Morgan fingerprint density at radius 2 is 2.10 bits per heavy atom. The topological polar surface area (TPSA) is 101 Å². The van der Waals surface area contributed by atoms with Gasteiger partial charge in [0, 0.05) is 12.2 Å². The monoisotopic (exact) mass is 303 g/mol. The molecule has 1 amide bonds. The van der Waals surface area contributed by atoms with Crippen molar-refractivity contribution < 1.29 is 17.6 Å². The van der Waals surface area contributed by atoms with E-state index in [0.717, 1.165) is 12.3 Å². The van der Waals surface area contributed by atoms with Crippen LogP contribution in [0.4, 0.5) is 15.8 Å². The molecule has 0 saturated heterocycles. The minimum absolute atomic E-state index is 0.206. The zero-order valence-corrected chi connectivity index (χ0v) is 12.1. The van der Waals surface area contributed by atoms with Gasteiger partial charge in [-0.15, -0.1) is 0 Å². The third kappa shape index (κ3) is 4.78. The Morgan fingerprint density at radius 1 is 1.45 bits per heavy atom. The van der Waals surface area contributed by atoms with Gasteiger partial charge in [-0.05, 0) is 24.6 Å². The fourth-order valence-electron chi connectivity index (χ4n) is 1.58. The van der Waals surface area contributed by atoms with Gasteiger partial charge in [0.05, 0.1) is 17.9 Å². The molecule has 0 aliphatic carbocycles. The number of carbonyl (C=O) groups excluding carboxylic acids is 1. The first-order valence-electron chi connectivity index (χ1n) is 6.05. The van der Waals surface area contributed by atoms with E-state index in [9.17, 15) is 17.6 Å². The quantitative estimate of drug-likeness (QED) is 0.733. The van der Waals surface area contributed by atoms with Crippen LogP contribution in [0.2, 0.25) is 0 Å². The minimum Gasteiger partial charge on any atom is -0.330 e. The van der Waals surface area contributed by atoms with Gasteiger partial charge < -0.3 is 11.1 Å². The molecule has 0 heterocycles. The highest BCUT2D eigenvalue weighted by molar-refractivity contribution is 7.92. The van der Waals surface area contributed by atoms with E-state index < -0.39 is 15.8 Å². The van der Waals surface area contributed by atoms with Crippen LogP contribution in [-0.2, 0) is 14.8 Å². The maximum atomic E-state index is 13.5. The molecular formula is C12H18FN3O3S. The fraction of sp³-hybridized carbons (Fsp3) is 0.417. The number of hydrogen-bond acceptors (Lipinski definition) is 4. The molecule has 20 heavy (non-hydrogen) atoms. The van der Waals surface area contributed by atoms with Gasteiger partial charge in [0.15, 0.2) is 0 Å². The second-order valence-corrected chi connectivity index (χ2v) is 6.15. The molecule has 6 nitrogen and oxygen atoms in total. The van der Waals surface area contributed by atoms with Gasteiger partial charge in [-0.2, -0.15) is 0 Å². The van der Waals surface area contributed by atoms with Crippen molar-refractivity contribution >= 4 is 27.3 Å². The summed E-state index contributed by atoms with van der Waals surface area (Å²) in [6, 6.07) is 3.65. The van der Waals surface area contributed by atoms with E-state index in [0.29, 0.717) is 12.1 Å². The predicted molar refractivity (Wildman–Crippen MR) is 76.3 cm³/mol. The summed E-state index contributed by atoms with van der Waals surface area (Å²) in [6.45, 7) is 2.04. The highest BCUT2D eigenvalue weighted by Crippen LogP contribution is 2.21. The number of rotatable bonds is 6. The lowest BCUT2D eigenvalue weighted by Crippen LogP contribution is -2.28. The lowest BCUT2D eigenvalue weighted by molar-refractivity contribution is -0.119. The summed E-state index contributed by atoms with van der Waals surface area (Å²) >= 11 is 0. The lowest BCUT2D eigenvalue weighted by atomic mass is 10.1. The van der Waals surface area contributed by atoms with Crippen LogP contribution in [0.5, 0.6) is 0 Å². The fourth-order valence-corrected chi connectivity index (χ4v) is 2.14. The Hall–Kier alpha value is -1.67. The zero-order chi connectivity index (χ0) is 15.3. The van der Waals surface area contributed by atoms with Crippen LogP contribution in [0.3, 0.4) is 0 Å². The van der Waals surface area contributed by atoms with Crippen LogP contribution in [-0.4, -0.2) is 27.1 Å². The average molecular weight is 303 g/mol. The van der Waals surface area contributed by atoms with Crippen molar-refractivity contribution in [3.05, 3.63) is 24.0 Å². The maximum absolute atomic E-state index is 13.5. The van der Waals surface area contributed by atoms with Crippen LogP contribution >= 0.6 is 0 Å². The molecule has 0 aliphatic heterocycles. The molecule has 0 saturated carbocycles. The molecule has 8 heteroatoms. The van der Waals surface area contributed by atoms with Crippen LogP contribution in [0.25, 0.3) is 0 Å². The van der Waals surface area contributed by atoms with E-state index >= 15 is 0 Å². The number of sulfonamides is 1. The molecule has 0 bridgehead atoms. The number of halogens is 1. The Bertz CT molecular complexity index is 586. The first kappa shape index (κ1) is 16.4. The standard InChI is InChI=1S/C12H18FN3O3S/c1-3-8(7-14)12(17)15-9-4-5-10(13)11(6-9)16-20(2,18)19/h4-6,8,16H,3,7,14H2,1-2H3,(H,15,17). The van der Waals surface area contributed by atoms with Crippen molar-refractivity contribution in [2.75, 3.05) is 22.8 Å². The molecule has 112 valence electrons. The Labute approximate surface area is 117 Å². The van der Waals surface area contributed by atoms with Gasteiger partial charge in [-0.1, -0.05) is 6.92 Å². The van der Waals surface area contributed by atoms with Crippen LogP contribution in [0.15, 0.2) is 18.2 Å². The molecule has 1 aromatic rings. The van der Waals surface area contributed by atoms with E-state index in [1.54, 1.807) is 0 Å². The third-order valence-corrected chi connectivity index (χ3v) is 3.27. The van der Waals surface area contributed by atoms with Crippen molar-refractivity contribution in [2.45, 2.75) is 13.3 Å². The van der Waals surface area contributed by atoms with Crippen LogP contribution in [0.1, 0.15) is 13.3 Å². The molecule has 1 rings (SSSR count). The molecule has 4 N–H and O–H groups in total. The molecule has 0 aliphatic rings. The number of amides is 1. The molecule has 0 aromatic heterocycles. The maximum Gasteiger partial charge on any atom is 0.229 e. The number of nitrogens with one attached hydrogen (secondary N) is 2. The minimum atomic E-state index is -3.59. The Balaban J connectivity index is 2.93. The molecule has 1 atom stereocenters. The first-order chi connectivity index (χ1) is 9.26. The summed E-state index contributed by atoms with van der Waals surface area (Å²) in [7, 11) is -3.59. The van der Waals surface area contributed by atoms with Gasteiger partial charge >= 0.3 is 0 Å². The van der Waals surface area contributed by atoms with E-state index in [4.69, 9.17) is 5.73 Å². The molecule has 0 fully saturated rings. The van der Waals surface area contributed by atoms with E-state index in [1.165, 1.54) is 12.1 Å². The largest absolute Gasteiger partial charge is 0.330 e. The second-order valence-electron chi connectivity index (χ2n) is 4.40. The highest BCUT2D eigenvalue weighted by atomic mass is 32.2. The lowest BCUT2D eigenvalue weighted by Gasteiger charge is -2.14. The SMILES string of the molecule is CCC(CN)C(=O)Nc1ccc(F)c(NS(C)(=O)=O)c1. The van der Waals surface area contributed by atoms with Gasteiger partial charge in [-0.3, -0.25) is 9.52 Å². The van der Waals surface area contributed by atoms with E-state index in [2.05, 4.69) is 5.32 Å². The first-order valence-corrected chi connectivity index (χ1v) is 7.94. The van der Waals surface area contributed by atoms with Crippen LogP contribution < -0.4 is 15.8 Å². The van der Waals surface area contributed by atoms with E-state index in [-0.39, 0.29) is 24.1 Å². The van der Waals surface area contributed by atoms with E-state index in [1.807, 2.05) is 11.6 Å². The average Bonchev–Trinajstić information content (AvgIpc) is 2.33. The van der Waals surface area contributed by atoms with Gasteiger partial charge in [0.2, 0.25) is 15.9 Å². The normalized spacial score (nSPS) is 12.8. The molecule has 0 radical (unpaired) electrons. The van der Waals surface area contributed by atoms with Crippen molar-refractivity contribution in [2.24, 2.45) is 11.7 Å². The summed E-state index contributed by atoms with van der Waals surface area (Å²) < 4.78 is 37.7. The molecule has 0 spiro atoms. The van der Waals surface area contributed by atoms with Crippen molar-refractivity contribution in [1.29, 1.82) is 0 Å². The number of anilines is 2. The second kappa shape index (κ2) is 6.67. The molecule has 1 aromatic carbocycles. The number of hydrogen-bond donors (Lipinski definition) is 3. The summed E-state index contributed by atoms with van der Waals surface area (Å²) in [5, 5.41) is 2.58. The van der Waals surface area contributed by atoms with Gasteiger partial charge in [0.1, 0.15) is 5.82 Å². The zero-order valence-electron chi connectivity index (χ0n) is 11.3.